The first kappa shape index (κ1) is 19.8. The maximum absolute atomic E-state index is 12.5. The lowest BCUT2D eigenvalue weighted by atomic mass is 10.0. The number of nitrogens with zero attached hydrogens (tertiary/aromatic N) is 3. The van der Waals surface area contributed by atoms with E-state index in [-0.39, 0.29) is 5.91 Å². The van der Waals surface area contributed by atoms with Crippen LogP contribution < -0.4 is 20.0 Å². The molecule has 7 nitrogen and oxygen atoms in total. The van der Waals surface area contributed by atoms with Crippen molar-refractivity contribution in [2.75, 3.05) is 50.7 Å². The minimum absolute atomic E-state index is 0.195. The highest BCUT2D eigenvalue weighted by Gasteiger charge is 2.27. The van der Waals surface area contributed by atoms with Gasteiger partial charge in [-0.2, -0.15) is 0 Å². The zero-order valence-corrected chi connectivity index (χ0v) is 17.0. The largest absolute Gasteiger partial charge is 0.348 e. The third-order valence-electron chi connectivity index (χ3n) is 6.07. The second-order valence-corrected chi connectivity index (χ2v) is 8.22. The Labute approximate surface area is 172 Å². The van der Waals surface area contributed by atoms with Gasteiger partial charge < -0.3 is 20.0 Å². The van der Waals surface area contributed by atoms with Gasteiger partial charge in [0.05, 0.1) is 39.3 Å². The number of quaternary nitrogens is 2. The third kappa shape index (κ3) is 5.74. The summed E-state index contributed by atoms with van der Waals surface area (Å²) in [6.07, 6.45) is 5.70. The lowest BCUT2D eigenvalue weighted by Crippen LogP contribution is -3.16. The molecule has 0 unspecified atom stereocenters. The Hall–Kier alpha value is -2.51. The van der Waals surface area contributed by atoms with E-state index >= 15 is 0 Å². The summed E-state index contributed by atoms with van der Waals surface area (Å²) in [5, 5.41) is 3.28. The molecule has 0 aliphatic carbocycles. The summed E-state index contributed by atoms with van der Waals surface area (Å²) >= 11 is 0. The number of piperidine rings is 1. The van der Waals surface area contributed by atoms with Gasteiger partial charge in [0.1, 0.15) is 6.54 Å². The van der Waals surface area contributed by atoms with Gasteiger partial charge in [-0.15, -0.1) is 0 Å². The molecule has 7 heteroatoms. The van der Waals surface area contributed by atoms with Crippen LogP contribution >= 0.6 is 0 Å². The molecule has 29 heavy (non-hydrogen) atoms. The van der Waals surface area contributed by atoms with E-state index in [2.05, 4.69) is 50.5 Å². The van der Waals surface area contributed by atoms with Gasteiger partial charge in [-0.3, -0.25) is 4.79 Å². The van der Waals surface area contributed by atoms with Crippen molar-refractivity contribution < 1.29 is 14.6 Å². The van der Waals surface area contributed by atoms with Crippen molar-refractivity contribution in [3.05, 3.63) is 54.4 Å². The lowest BCUT2D eigenvalue weighted by Gasteiger charge is -2.33. The fraction of sp³-hybridized carbons (Fsp3) is 0.500. The highest BCUT2D eigenvalue weighted by Crippen LogP contribution is 2.04. The van der Waals surface area contributed by atoms with E-state index in [1.54, 1.807) is 17.3 Å². The van der Waals surface area contributed by atoms with Gasteiger partial charge in [0, 0.05) is 36.8 Å². The number of hydrogen-bond donors (Lipinski definition) is 3. The summed E-state index contributed by atoms with van der Waals surface area (Å²) in [6.45, 7) is 7.60. The Morgan fingerprint density at radius 3 is 2.34 bits per heavy atom. The smallest absolute Gasteiger partial charge is 0.275 e. The van der Waals surface area contributed by atoms with Crippen molar-refractivity contribution in [3.63, 3.8) is 0 Å². The van der Waals surface area contributed by atoms with Crippen molar-refractivity contribution >= 4 is 11.9 Å². The normalized spacial score (nSPS) is 23.0. The average Bonchev–Trinajstić information content (AvgIpc) is 2.77. The third-order valence-corrected chi connectivity index (χ3v) is 6.07. The average molecular weight is 397 g/mol. The van der Waals surface area contributed by atoms with Gasteiger partial charge in [0.25, 0.3) is 5.91 Å². The van der Waals surface area contributed by atoms with Gasteiger partial charge in [-0.1, -0.05) is 30.3 Å². The summed E-state index contributed by atoms with van der Waals surface area (Å²) in [6, 6.07) is 12.9. The van der Waals surface area contributed by atoms with E-state index in [1.165, 1.54) is 10.5 Å². The van der Waals surface area contributed by atoms with E-state index in [9.17, 15) is 4.79 Å². The molecule has 1 amide bonds. The van der Waals surface area contributed by atoms with Gasteiger partial charge in [-0.05, 0) is 6.07 Å². The number of hydrogen-bond acceptors (Lipinski definition) is 4. The first-order valence-corrected chi connectivity index (χ1v) is 10.8. The summed E-state index contributed by atoms with van der Waals surface area (Å²) in [7, 11) is 0. The molecule has 2 fully saturated rings. The number of amides is 1. The Balaban J connectivity index is 1.15. The number of piperazine rings is 1. The zero-order valence-electron chi connectivity index (χ0n) is 17.0. The summed E-state index contributed by atoms with van der Waals surface area (Å²) in [5.74, 6) is 0.988. The zero-order chi connectivity index (χ0) is 19.9. The number of anilines is 1. The summed E-state index contributed by atoms with van der Waals surface area (Å²) in [4.78, 5) is 26.3. The van der Waals surface area contributed by atoms with E-state index in [0.717, 1.165) is 64.6 Å². The van der Waals surface area contributed by atoms with Crippen LogP contribution in [0.4, 0.5) is 5.95 Å². The van der Waals surface area contributed by atoms with Crippen LogP contribution in [0.25, 0.3) is 0 Å². The molecule has 1 aromatic heterocycles. The molecule has 0 atom stereocenters. The van der Waals surface area contributed by atoms with Gasteiger partial charge in [0.15, 0.2) is 6.54 Å². The molecule has 3 N–H and O–H groups in total. The summed E-state index contributed by atoms with van der Waals surface area (Å²) in [5.41, 5.74) is 1.40. The maximum atomic E-state index is 12.5. The monoisotopic (exact) mass is 396 g/mol. The van der Waals surface area contributed by atoms with Crippen molar-refractivity contribution in [2.24, 2.45) is 0 Å². The predicted molar refractivity (Wildman–Crippen MR) is 112 cm³/mol. The number of benzene rings is 1. The standard InChI is InChI=1S/C22H30N6O/c29-21(18-27-13-15-28(16-14-27)22-23-9-4-10-24-22)25-20-7-11-26(12-8-20)17-19-5-2-1-3-6-19/h1-6,9-10,20H,7-8,11-18H2,(H,25,29)/p+2. The Kier molecular flexibility index (Phi) is 6.69. The Morgan fingerprint density at radius 1 is 0.966 bits per heavy atom. The van der Waals surface area contributed by atoms with Crippen molar-refractivity contribution in [1.29, 1.82) is 0 Å². The van der Waals surface area contributed by atoms with E-state index in [0.29, 0.717) is 12.6 Å². The molecule has 1 aromatic carbocycles. The molecule has 0 bridgehead atoms. The highest BCUT2D eigenvalue weighted by atomic mass is 16.2. The molecule has 2 aliphatic heterocycles. The van der Waals surface area contributed by atoms with Crippen LogP contribution in [0.1, 0.15) is 18.4 Å². The Morgan fingerprint density at radius 2 is 1.66 bits per heavy atom. The van der Waals surface area contributed by atoms with E-state index < -0.39 is 0 Å². The fourth-order valence-electron chi connectivity index (χ4n) is 4.39. The molecule has 2 aliphatic rings. The number of likely N-dealkylation sites (tertiary alicyclic amines) is 1. The minimum Gasteiger partial charge on any atom is -0.348 e. The SMILES string of the molecule is O=C(C[NH+]1CCN(c2ncccn2)CC1)NC1CC[NH+](Cc2ccccc2)CC1. The number of rotatable bonds is 6. The minimum atomic E-state index is 0.195. The molecule has 0 radical (unpaired) electrons. The second kappa shape index (κ2) is 9.80. The van der Waals surface area contributed by atoms with E-state index in [4.69, 9.17) is 0 Å². The molecular weight excluding hydrogens is 364 g/mol. The molecule has 0 saturated carbocycles. The predicted octanol–water partition coefficient (Wildman–Crippen LogP) is -1.45. The molecule has 4 rings (SSSR count). The highest BCUT2D eigenvalue weighted by molar-refractivity contribution is 5.77. The number of carbonyl (C=O) groups excluding carboxylic acids is 1. The van der Waals surface area contributed by atoms with Crippen LogP contribution in [0.3, 0.4) is 0 Å². The van der Waals surface area contributed by atoms with Crippen LogP contribution in [0.5, 0.6) is 0 Å². The van der Waals surface area contributed by atoms with Crippen molar-refractivity contribution in [2.45, 2.75) is 25.4 Å². The van der Waals surface area contributed by atoms with Crippen LogP contribution in [-0.2, 0) is 11.3 Å². The molecule has 2 aromatic rings. The Bertz CT molecular complexity index is 755. The first-order valence-electron chi connectivity index (χ1n) is 10.8. The molecule has 2 saturated heterocycles. The van der Waals surface area contributed by atoms with E-state index in [1.807, 2.05) is 6.07 Å². The van der Waals surface area contributed by atoms with Gasteiger partial charge >= 0.3 is 0 Å². The lowest BCUT2D eigenvalue weighted by molar-refractivity contribution is -0.918. The maximum Gasteiger partial charge on any atom is 0.275 e. The van der Waals surface area contributed by atoms with Crippen molar-refractivity contribution in [1.82, 2.24) is 15.3 Å². The molecule has 0 spiro atoms. The summed E-state index contributed by atoms with van der Waals surface area (Å²) < 4.78 is 0. The molecule has 154 valence electrons. The topological polar surface area (TPSA) is 67.0 Å². The first-order chi connectivity index (χ1) is 14.3. The quantitative estimate of drug-likeness (QED) is 0.559. The van der Waals surface area contributed by atoms with Crippen LogP contribution in [-0.4, -0.2) is 67.7 Å². The number of carbonyl (C=O) groups is 1. The fourth-order valence-corrected chi connectivity index (χ4v) is 4.39. The number of aromatic nitrogens is 2. The van der Waals surface area contributed by atoms with Crippen LogP contribution in [0.2, 0.25) is 0 Å². The second-order valence-electron chi connectivity index (χ2n) is 8.22. The van der Waals surface area contributed by atoms with Crippen LogP contribution in [0.15, 0.2) is 48.8 Å². The molecule has 3 heterocycles. The van der Waals surface area contributed by atoms with Gasteiger partial charge in [0.2, 0.25) is 5.95 Å². The van der Waals surface area contributed by atoms with Crippen LogP contribution in [0, 0.1) is 0 Å². The molecular formula is C22H32N6O+2. The van der Waals surface area contributed by atoms with Gasteiger partial charge in [-0.25, -0.2) is 9.97 Å². The van der Waals surface area contributed by atoms with Crippen molar-refractivity contribution in [3.8, 4) is 0 Å². The number of nitrogens with one attached hydrogen (secondary N) is 3.